The molecule has 1 rings (SSSR count). The van der Waals surface area contributed by atoms with Crippen molar-refractivity contribution in [2.24, 2.45) is 7.05 Å². The first-order valence-corrected chi connectivity index (χ1v) is 4.26. The molecule has 0 fully saturated rings. The molecular weight excluding hydrogens is 168 g/mol. The predicted octanol–water partition coefficient (Wildman–Crippen LogP) is 0.137. The summed E-state index contributed by atoms with van der Waals surface area (Å²) in [5.74, 6) is -0.0963. The van der Waals surface area contributed by atoms with Gasteiger partial charge < -0.3 is 15.0 Å². The summed E-state index contributed by atoms with van der Waals surface area (Å²) in [4.78, 5) is 11.4. The molecule has 0 radical (unpaired) electrons. The molecule has 1 aromatic heterocycles. The molecule has 0 saturated heterocycles. The number of aliphatic hydroxyl groups excluding tert-OH is 1. The molecule has 0 spiro atoms. The van der Waals surface area contributed by atoms with Crippen LogP contribution in [0.3, 0.4) is 0 Å². The maximum Gasteiger partial charge on any atom is 0.267 e. The summed E-state index contributed by atoms with van der Waals surface area (Å²) >= 11 is 0. The normalized spacial score (nSPS) is 10.0. The quantitative estimate of drug-likeness (QED) is 0.651. The summed E-state index contributed by atoms with van der Waals surface area (Å²) in [6.07, 6.45) is 2.41. The van der Waals surface area contributed by atoms with Gasteiger partial charge in [0.05, 0.1) is 0 Å². The minimum Gasteiger partial charge on any atom is -0.396 e. The van der Waals surface area contributed by atoms with Gasteiger partial charge >= 0.3 is 0 Å². The molecule has 13 heavy (non-hydrogen) atoms. The second-order valence-corrected chi connectivity index (χ2v) is 2.84. The van der Waals surface area contributed by atoms with Crippen molar-refractivity contribution in [1.29, 1.82) is 0 Å². The average molecular weight is 182 g/mol. The number of nitrogens with zero attached hydrogens (tertiary/aromatic N) is 1. The maximum absolute atomic E-state index is 11.4. The lowest BCUT2D eigenvalue weighted by Gasteiger charge is -2.04. The summed E-state index contributed by atoms with van der Waals surface area (Å²) in [6, 6.07) is 3.58. The Morgan fingerprint density at radius 3 is 3.00 bits per heavy atom. The zero-order chi connectivity index (χ0) is 9.68. The molecule has 0 atom stereocenters. The number of aromatic nitrogens is 1. The molecule has 1 amide bonds. The fourth-order valence-electron chi connectivity index (χ4n) is 1.07. The molecule has 72 valence electrons. The predicted molar refractivity (Wildman–Crippen MR) is 49.4 cm³/mol. The molecular formula is C9H14N2O2. The molecule has 0 aliphatic carbocycles. The van der Waals surface area contributed by atoms with E-state index in [1.807, 2.05) is 19.3 Å². The SMILES string of the molecule is Cn1cccc1C(=O)NCCCO. The van der Waals surface area contributed by atoms with Crippen LogP contribution in [0.15, 0.2) is 18.3 Å². The van der Waals surface area contributed by atoms with E-state index in [4.69, 9.17) is 5.11 Å². The van der Waals surface area contributed by atoms with Crippen LogP contribution in [-0.2, 0) is 7.05 Å². The molecule has 2 N–H and O–H groups in total. The van der Waals surface area contributed by atoms with Crippen LogP contribution in [0.1, 0.15) is 16.9 Å². The average Bonchev–Trinajstić information content (AvgIpc) is 2.52. The highest BCUT2D eigenvalue weighted by Gasteiger charge is 2.06. The largest absolute Gasteiger partial charge is 0.396 e. The standard InChI is InChI=1S/C9H14N2O2/c1-11-6-2-4-8(11)9(13)10-5-3-7-12/h2,4,6,12H,3,5,7H2,1H3,(H,10,13). The van der Waals surface area contributed by atoms with Gasteiger partial charge in [-0.2, -0.15) is 0 Å². The van der Waals surface area contributed by atoms with Gasteiger partial charge in [-0.1, -0.05) is 0 Å². The molecule has 0 aromatic carbocycles. The third kappa shape index (κ3) is 2.59. The molecule has 0 aliphatic rings. The lowest BCUT2D eigenvalue weighted by molar-refractivity contribution is 0.0943. The van der Waals surface area contributed by atoms with Crippen LogP contribution in [0, 0.1) is 0 Å². The molecule has 0 bridgehead atoms. The van der Waals surface area contributed by atoms with Gasteiger partial charge in [-0.25, -0.2) is 0 Å². The van der Waals surface area contributed by atoms with Crippen molar-refractivity contribution >= 4 is 5.91 Å². The van der Waals surface area contributed by atoms with Gasteiger partial charge in [0, 0.05) is 26.4 Å². The number of rotatable bonds is 4. The topological polar surface area (TPSA) is 54.3 Å². The van der Waals surface area contributed by atoms with Gasteiger partial charge in [0.1, 0.15) is 5.69 Å². The molecule has 1 aromatic rings. The summed E-state index contributed by atoms with van der Waals surface area (Å²) < 4.78 is 1.76. The highest BCUT2D eigenvalue weighted by Crippen LogP contribution is 1.98. The van der Waals surface area contributed by atoms with E-state index in [0.717, 1.165) is 0 Å². The van der Waals surface area contributed by atoms with Crippen LogP contribution in [0.5, 0.6) is 0 Å². The van der Waals surface area contributed by atoms with Crippen LogP contribution in [0.25, 0.3) is 0 Å². The Morgan fingerprint density at radius 1 is 1.69 bits per heavy atom. The van der Waals surface area contributed by atoms with Crippen LogP contribution < -0.4 is 5.32 Å². The molecule has 0 saturated carbocycles. The Bertz CT molecular complexity index is 281. The van der Waals surface area contributed by atoms with Crippen molar-refractivity contribution in [3.05, 3.63) is 24.0 Å². The van der Waals surface area contributed by atoms with E-state index in [1.54, 1.807) is 10.6 Å². The van der Waals surface area contributed by atoms with E-state index >= 15 is 0 Å². The van der Waals surface area contributed by atoms with Gasteiger partial charge in [0.25, 0.3) is 5.91 Å². The fraction of sp³-hybridized carbons (Fsp3) is 0.444. The molecule has 4 nitrogen and oxygen atoms in total. The van der Waals surface area contributed by atoms with Crippen molar-refractivity contribution in [2.45, 2.75) is 6.42 Å². The molecule has 0 aliphatic heterocycles. The Balaban J connectivity index is 2.45. The highest BCUT2D eigenvalue weighted by atomic mass is 16.3. The Morgan fingerprint density at radius 2 is 2.46 bits per heavy atom. The second kappa shape index (κ2) is 4.67. The van der Waals surface area contributed by atoms with E-state index in [0.29, 0.717) is 18.7 Å². The molecule has 0 unspecified atom stereocenters. The van der Waals surface area contributed by atoms with Gasteiger partial charge in [0.15, 0.2) is 0 Å². The smallest absolute Gasteiger partial charge is 0.267 e. The van der Waals surface area contributed by atoms with Crippen molar-refractivity contribution in [3.8, 4) is 0 Å². The monoisotopic (exact) mass is 182 g/mol. The van der Waals surface area contributed by atoms with E-state index in [-0.39, 0.29) is 12.5 Å². The van der Waals surface area contributed by atoms with E-state index in [1.165, 1.54) is 0 Å². The van der Waals surface area contributed by atoms with E-state index in [2.05, 4.69) is 5.32 Å². The summed E-state index contributed by atoms with van der Waals surface area (Å²) in [7, 11) is 1.82. The first-order valence-electron chi connectivity index (χ1n) is 4.26. The number of hydrogen-bond donors (Lipinski definition) is 2. The number of nitrogens with one attached hydrogen (secondary N) is 1. The lowest BCUT2D eigenvalue weighted by Crippen LogP contribution is -2.26. The lowest BCUT2D eigenvalue weighted by atomic mass is 10.4. The Labute approximate surface area is 77.2 Å². The number of aryl methyl sites for hydroxylation is 1. The van der Waals surface area contributed by atoms with E-state index < -0.39 is 0 Å². The summed E-state index contributed by atoms with van der Waals surface area (Å²) in [5.41, 5.74) is 0.637. The van der Waals surface area contributed by atoms with Crippen molar-refractivity contribution in [3.63, 3.8) is 0 Å². The zero-order valence-electron chi connectivity index (χ0n) is 7.66. The zero-order valence-corrected chi connectivity index (χ0v) is 7.66. The summed E-state index contributed by atoms with van der Waals surface area (Å²) in [6.45, 7) is 0.619. The number of amides is 1. The van der Waals surface area contributed by atoms with Crippen molar-refractivity contribution in [1.82, 2.24) is 9.88 Å². The molecule has 1 heterocycles. The minimum absolute atomic E-state index is 0.0963. The van der Waals surface area contributed by atoms with Crippen molar-refractivity contribution in [2.75, 3.05) is 13.2 Å². The Kier molecular flexibility index (Phi) is 3.52. The number of hydrogen-bond acceptors (Lipinski definition) is 2. The second-order valence-electron chi connectivity index (χ2n) is 2.84. The number of aliphatic hydroxyl groups is 1. The third-order valence-corrected chi connectivity index (χ3v) is 1.80. The number of carbonyl (C=O) groups is 1. The maximum atomic E-state index is 11.4. The van der Waals surface area contributed by atoms with Gasteiger partial charge in [0.2, 0.25) is 0 Å². The highest BCUT2D eigenvalue weighted by molar-refractivity contribution is 5.92. The van der Waals surface area contributed by atoms with Crippen LogP contribution >= 0.6 is 0 Å². The number of carbonyl (C=O) groups excluding carboxylic acids is 1. The van der Waals surface area contributed by atoms with E-state index in [9.17, 15) is 4.79 Å². The third-order valence-electron chi connectivity index (χ3n) is 1.80. The minimum atomic E-state index is -0.0963. The summed E-state index contributed by atoms with van der Waals surface area (Å²) in [5, 5.41) is 11.2. The van der Waals surface area contributed by atoms with Crippen LogP contribution in [0.4, 0.5) is 0 Å². The van der Waals surface area contributed by atoms with Gasteiger partial charge in [-0.15, -0.1) is 0 Å². The van der Waals surface area contributed by atoms with Crippen LogP contribution in [-0.4, -0.2) is 28.7 Å². The first-order chi connectivity index (χ1) is 6.25. The fourth-order valence-corrected chi connectivity index (χ4v) is 1.07. The van der Waals surface area contributed by atoms with Gasteiger partial charge in [-0.05, 0) is 18.6 Å². The van der Waals surface area contributed by atoms with Gasteiger partial charge in [-0.3, -0.25) is 4.79 Å². The van der Waals surface area contributed by atoms with Crippen molar-refractivity contribution < 1.29 is 9.90 Å². The first kappa shape index (κ1) is 9.80. The molecule has 4 heteroatoms. The van der Waals surface area contributed by atoms with Crippen LogP contribution in [0.2, 0.25) is 0 Å². The Hall–Kier alpha value is -1.29.